The summed E-state index contributed by atoms with van der Waals surface area (Å²) in [6, 6.07) is 9.58. The number of aliphatic hydroxyl groups is 1. The van der Waals surface area contributed by atoms with Gasteiger partial charge in [0.05, 0.1) is 12.5 Å². The SMILES string of the molecule is C#C[C@@H](CO)c1ccccc1. The topological polar surface area (TPSA) is 20.2 Å². The van der Waals surface area contributed by atoms with E-state index in [1.807, 2.05) is 30.3 Å². The summed E-state index contributed by atoms with van der Waals surface area (Å²) in [5, 5.41) is 8.84. The predicted octanol–water partition coefficient (Wildman–Crippen LogP) is 1.40. The second kappa shape index (κ2) is 3.80. The third-order valence-corrected chi connectivity index (χ3v) is 1.59. The lowest BCUT2D eigenvalue weighted by atomic mass is 10.0. The Morgan fingerprint density at radius 2 is 2.00 bits per heavy atom. The van der Waals surface area contributed by atoms with E-state index in [9.17, 15) is 0 Å². The van der Waals surface area contributed by atoms with Crippen LogP contribution in [0.3, 0.4) is 0 Å². The summed E-state index contributed by atoms with van der Waals surface area (Å²) in [5.41, 5.74) is 0.998. The highest BCUT2D eigenvalue weighted by Crippen LogP contribution is 2.12. The smallest absolute Gasteiger partial charge is 0.0680 e. The summed E-state index contributed by atoms with van der Waals surface area (Å²) in [7, 11) is 0. The van der Waals surface area contributed by atoms with Crippen molar-refractivity contribution in [3.8, 4) is 12.3 Å². The fraction of sp³-hybridized carbons (Fsp3) is 0.200. The highest BCUT2D eigenvalue weighted by molar-refractivity contribution is 5.26. The second-order valence-electron chi connectivity index (χ2n) is 2.31. The van der Waals surface area contributed by atoms with Crippen LogP contribution in [-0.4, -0.2) is 11.7 Å². The molecule has 0 heterocycles. The maximum absolute atomic E-state index is 8.84. The van der Waals surface area contributed by atoms with Gasteiger partial charge >= 0.3 is 0 Å². The van der Waals surface area contributed by atoms with Gasteiger partial charge in [0, 0.05) is 0 Å². The molecule has 0 saturated carbocycles. The van der Waals surface area contributed by atoms with E-state index in [1.165, 1.54) is 0 Å². The molecule has 0 amide bonds. The normalized spacial score (nSPS) is 12.0. The lowest BCUT2D eigenvalue weighted by Crippen LogP contribution is -1.99. The van der Waals surface area contributed by atoms with E-state index < -0.39 is 0 Å². The van der Waals surface area contributed by atoms with Crippen LogP contribution in [0.15, 0.2) is 30.3 Å². The summed E-state index contributed by atoms with van der Waals surface area (Å²) in [6.07, 6.45) is 5.21. The lowest BCUT2D eigenvalue weighted by molar-refractivity contribution is 0.287. The molecule has 0 fully saturated rings. The van der Waals surface area contributed by atoms with Crippen molar-refractivity contribution in [2.75, 3.05) is 6.61 Å². The van der Waals surface area contributed by atoms with Crippen LogP contribution < -0.4 is 0 Å². The fourth-order valence-electron chi connectivity index (χ4n) is 0.940. The van der Waals surface area contributed by atoms with E-state index in [1.54, 1.807) is 0 Å². The molecule has 0 aromatic heterocycles. The van der Waals surface area contributed by atoms with E-state index >= 15 is 0 Å². The highest BCUT2D eigenvalue weighted by atomic mass is 16.3. The van der Waals surface area contributed by atoms with E-state index in [-0.39, 0.29) is 12.5 Å². The molecular formula is C10H10O. The predicted molar refractivity (Wildman–Crippen MR) is 45.1 cm³/mol. The van der Waals surface area contributed by atoms with Crippen LogP contribution in [0.25, 0.3) is 0 Å². The quantitative estimate of drug-likeness (QED) is 0.625. The van der Waals surface area contributed by atoms with Gasteiger partial charge in [0.2, 0.25) is 0 Å². The average Bonchev–Trinajstić information content (AvgIpc) is 2.09. The van der Waals surface area contributed by atoms with Gasteiger partial charge in [0.1, 0.15) is 0 Å². The Bertz CT molecular complexity index is 245. The van der Waals surface area contributed by atoms with Crippen molar-refractivity contribution in [2.45, 2.75) is 5.92 Å². The molecule has 56 valence electrons. The van der Waals surface area contributed by atoms with Crippen LogP contribution in [-0.2, 0) is 0 Å². The number of benzene rings is 1. The van der Waals surface area contributed by atoms with Crippen molar-refractivity contribution in [1.29, 1.82) is 0 Å². The van der Waals surface area contributed by atoms with Crippen LogP contribution in [0.1, 0.15) is 11.5 Å². The zero-order valence-corrected chi connectivity index (χ0v) is 6.20. The van der Waals surface area contributed by atoms with Gasteiger partial charge in [-0.15, -0.1) is 6.42 Å². The minimum Gasteiger partial charge on any atom is -0.395 e. The van der Waals surface area contributed by atoms with Gasteiger partial charge in [-0.3, -0.25) is 0 Å². The molecule has 1 atom stereocenters. The Kier molecular flexibility index (Phi) is 2.71. The Hall–Kier alpha value is -1.26. The molecule has 0 aliphatic heterocycles. The molecule has 0 aliphatic carbocycles. The largest absolute Gasteiger partial charge is 0.395 e. The monoisotopic (exact) mass is 146 g/mol. The Morgan fingerprint density at radius 3 is 2.45 bits per heavy atom. The summed E-state index contributed by atoms with van der Waals surface area (Å²) < 4.78 is 0. The zero-order chi connectivity index (χ0) is 8.10. The number of rotatable bonds is 2. The molecule has 1 aromatic carbocycles. The summed E-state index contributed by atoms with van der Waals surface area (Å²) in [5.74, 6) is 2.36. The second-order valence-corrected chi connectivity index (χ2v) is 2.31. The fourth-order valence-corrected chi connectivity index (χ4v) is 0.940. The standard InChI is InChI=1S/C10H10O/c1-2-9(8-11)10-6-4-3-5-7-10/h1,3-7,9,11H,8H2/t9-/m0/s1. The molecule has 11 heavy (non-hydrogen) atoms. The first-order chi connectivity index (χ1) is 5.38. The highest BCUT2D eigenvalue weighted by Gasteiger charge is 2.03. The zero-order valence-electron chi connectivity index (χ0n) is 6.20. The van der Waals surface area contributed by atoms with Crippen LogP contribution in [0.5, 0.6) is 0 Å². The Labute approximate surface area is 66.7 Å². The third kappa shape index (κ3) is 1.83. The molecule has 0 saturated heterocycles. The lowest BCUT2D eigenvalue weighted by Gasteiger charge is -2.05. The first-order valence-corrected chi connectivity index (χ1v) is 3.50. The van der Waals surface area contributed by atoms with Crippen molar-refractivity contribution < 1.29 is 5.11 Å². The van der Waals surface area contributed by atoms with E-state index in [2.05, 4.69) is 5.92 Å². The van der Waals surface area contributed by atoms with Crippen LogP contribution in [0.2, 0.25) is 0 Å². The molecule has 0 aliphatic rings. The molecule has 1 heteroatoms. The van der Waals surface area contributed by atoms with Crippen LogP contribution in [0.4, 0.5) is 0 Å². The number of hydrogen-bond acceptors (Lipinski definition) is 1. The first-order valence-electron chi connectivity index (χ1n) is 3.50. The first kappa shape index (κ1) is 7.84. The minimum absolute atomic E-state index is 0.0144. The summed E-state index contributed by atoms with van der Waals surface area (Å²) >= 11 is 0. The van der Waals surface area contributed by atoms with E-state index in [0.29, 0.717) is 0 Å². The third-order valence-electron chi connectivity index (χ3n) is 1.59. The molecule has 1 nitrogen and oxygen atoms in total. The van der Waals surface area contributed by atoms with Crippen LogP contribution >= 0.6 is 0 Å². The van der Waals surface area contributed by atoms with Gasteiger partial charge in [0.15, 0.2) is 0 Å². The van der Waals surface area contributed by atoms with E-state index in [4.69, 9.17) is 11.5 Å². The van der Waals surface area contributed by atoms with Crippen molar-refractivity contribution >= 4 is 0 Å². The maximum atomic E-state index is 8.84. The Balaban J connectivity index is 2.85. The van der Waals surface area contributed by atoms with Crippen LogP contribution in [0, 0.1) is 12.3 Å². The van der Waals surface area contributed by atoms with Gasteiger partial charge < -0.3 is 5.11 Å². The number of aliphatic hydroxyl groups excluding tert-OH is 1. The summed E-state index contributed by atoms with van der Waals surface area (Å²) in [6.45, 7) is 0.0144. The molecular weight excluding hydrogens is 136 g/mol. The molecule has 1 N–H and O–H groups in total. The maximum Gasteiger partial charge on any atom is 0.0680 e. The van der Waals surface area contributed by atoms with Crippen molar-refractivity contribution in [3.63, 3.8) is 0 Å². The van der Waals surface area contributed by atoms with Gasteiger partial charge in [-0.1, -0.05) is 36.3 Å². The molecule has 0 unspecified atom stereocenters. The van der Waals surface area contributed by atoms with Crippen molar-refractivity contribution in [1.82, 2.24) is 0 Å². The summed E-state index contributed by atoms with van der Waals surface area (Å²) in [4.78, 5) is 0. The van der Waals surface area contributed by atoms with Crippen molar-refractivity contribution in [3.05, 3.63) is 35.9 Å². The molecule has 0 bridgehead atoms. The Morgan fingerprint density at radius 1 is 1.36 bits per heavy atom. The van der Waals surface area contributed by atoms with Gasteiger partial charge in [-0.2, -0.15) is 0 Å². The molecule has 1 aromatic rings. The molecule has 0 radical (unpaired) electrons. The average molecular weight is 146 g/mol. The number of terminal acetylenes is 1. The number of hydrogen-bond donors (Lipinski definition) is 1. The van der Waals surface area contributed by atoms with Crippen molar-refractivity contribution in [2.24, 2.45) is 0 Å². The van der Waals surface area contributed by atoms with Gasteiger partial charge in [-0.25, -0.2) is 0 Å². The minimum atomic E-state index is -0.156. The van der Waals surface area contributed by atoms with Gasteiger partial charge in [0.25, 0.3) is 0 Å². The van der Waals surface area contributed by atoms with Gasteiger partial charge in [-0.05, 0) is 5.56 Å². The molecule has 1 rings (SSSR count). The van der Waals surface area contributed by atoms with E-state index in [0.717, 1.165) is 5.56 Å². The molecule has 0 spiro atoms.